The molecule has 0 bridgehead atoms. The monoisotopic (exact) mass is 560 g/mol. The third kappa shape index (κ3) is 5.08. The number of likely N-dealkylation sites (tertiary alicyclic amines) is 1. The van der Waals surface area contributed by atoms with Crippen LogP contribution in [0.15, 0.2) is 30.6 Å². The van der Waals surface area contributed by atoms with E-state index in [4.69, 9.17) is 24.9 Å². The minimum atomic E-state index is -0.827. The minimum absolute atomic E-state index is 0.0899. The zero-order valence-corrected chi connectivity index (χ0v) is 24.1. The summed E-state index contributed by atoms with van der Waals surface area (Å²) in [7, 11) is 1.61. The molecule has 0 radical (unpaired) electrons. The molecule has 2 fully saturated rings. The minimum Gasteiger partial charge on any atom is -0.470 e. The van der Waals surface area contributed by atoms with E-state index in [1.807, 2.05) is 38.7 Å². The van der Waals surface area contributed by atoms with Gasteiger partial charge in [-0.05, 0) is 57.2 Å². The highest BCUT2D eigenvalue weighted by Crippen LogP contribution is 2.39. The van der Waals surface area contributed by atoms with E-state index in [2.05, 4.69) is 15.3 Å². The molecule has 41 heavy (non-hydrogen) atoms. The van der Waals surface area contributed by atoms with Gasteiger partial charge < -0.3 is 30.2 Å². The number of amides is 1. The average molecular weight is 561 g/mol. The van der Waals surface area contributed by atoms with Crippen molar-refractivity contribution in [1.29, 1.82) is 0 Å². The van der Waals surface area contributed by atoms with Gasteiger partial charge in [-0.3, -0.25) is 4.79 Å². The summed E-state index contributed by atoms with van der Waals surface area (Å²) < 4.78 is 17.2. The lowest BCUT2D eigenvalue weighted by molar-refractivity contribution is -0.141. The first-order chi connectivity index (χ1) is 19.5. The Kier molecular flexibility index (Phi) is 6.61. The van der Waals surface area contributed by atoms with Gasteiger partial charge in [0.1, 0.15) is 23.3 Å². The van der Waals surface area contributed by atoms with Crippen molar-refractivity contribution in [1.82, 2.24) is 19.9 Å². The van der Waals surface area contributed by atoms with Crippen LogP contribution in [0.5, 0.6) is 5.88 Å². The Balaban J connectivity index is 1.30. The lowest BCUT2D eigenvalue weighted by Crippen LogP contribution is -2.56. The van der Waals surface area contributed by atoms with Crippen molar-refractivity contribution >= 4 is 34.3 Å². The summed E-state index contributed by atoms with van der Waals surface area (Å²) in [6, 6.07) is 5.36. The molecule has 216 valence electrons. The van der Waals surface area contributed by atoms with Gasteiger partial charge in [0.25, 0.3) is 0 Å². The SMILES string of the molecule is COC[C@@](C)(N)c1cnc(OC2CN(C(=O)C3CC3)C2)c2cnc(Nc3ccc4c(n3)[C@@H](C)C(C)(C)OC4=O)cc12. The second-order valence-corrected chi connectivity index (χ2v) is 12.2. The normalized spacial score (nSPS) is 21.5. The number of anilines is 2. The Morgan fingerprint density at radius 3 is 2.66 bits per heavy atom. The zero-order valence-electron chi connectivity index (χ0n) is 24.1. The van der Waals surface area contributed by atoms with E-state index < -0.39 is 11.1 Å². The molecule has 6 rings (SSSR count). The molecule has 1 saturated carbocycles. The van der Waals surface area contributed by atoms with Gasteiger partial charge in [0.15, 0.2) is 0 Å². The molecule has 1 amide bonds. The molecule has 1 aliphatic carbocycles. The molecule has 11 heteroatoms. The smallest absolute Gasteiger partial charge is 0.340 e. The number of fused-ring (bicyclic) bond motifs is 2. The average Bonchev–Trinajstić information content (AvgIpc) is 3.74. The molecule has 3 aromatic heterocycles. The molecule has 0 unspecified atom stereocenters. The van der Waals surface area contributed by atoms with Crippen molar-refractivity contribution in [3.05, 3.63) is 47.4 Å². The van der Waals surface area contributed by atoms with Crippen LogP contribution in [-0.4, -0.2) is 70.2 Å². The van der Waals surface area contributed by atoms with Crippen LogP contribution in [0.4, 0.5) is 11.6 Å². The number of aromatic nitrogens is 3. The first-order valence-corrected chi connectivity index (χ1v) is 14.0. The lowest BCUT2D eigenvalue weighted by atomic mass is 9.84. The van der Waals surface area contributed by atoms with Crippen LogP contribution in [0.25, 0.3) is 10.8 Å². The predicted molar refractivity (Wildman–Crippen MR) is 152 cm³/mol. The van der Waals surface area contributed by atoms with E-state index in [1.165, 1.54) is 0 Å². The summed E-state index contributed by atoms with van der Waals surface area (Å²) in [5.41, 5.74) is 7.12. The molecular formula is C30H36N6O5. The van der Waals surface area contributed by atoms with Gasteiger partial charge >= 0.3 is 5.97 Å². The molecular weight excluding hydrogens is 524 g/mol. The highest BCUT2D eigenvalue weighted by molar-refractivity contribution is 5.93. The Hall–Kier alpha value is -3.83. The number of nitrogens with zero attached hydrogens (tertiary/aromatic N) is 4. The maximum Gasteiger partial charge on any atom is 0.340 e. The molecule has 0 spiro atoms. The number of nitrogens with one attached hydrogen (secondary N) is 1. The van der Waals surface area contributed by atoms with E-state index in [0.717, 1.165) is 23.8 Å². The fourth-order valence-corrected chi connectivity index (χ4v) is 5.43. The fourth-order valence-electron chi connectivity index (χ4n) is 5.43. The number of hydrogen-bond donors (Lipinski definition) is 2. The number of esters is 1. The summed E-state index contributed by atoms with van der Waals surface area (Å²) in [4.78, 5) is 40.7. The first-order valence-electron chi connectivity index (χ1n) is 14.0. The maximum absolute atomic E-state index is 12.5. The zero-order chi connectivity index (χ0) is 29.1. The molecule has 11 nitrogen and oxygen atoms in total. The predicted octanol–water partition coefficient (Wildman–Crippen LogP) is 3.64. The number of rotatable bonds is 8. The van der Waals surface area contributed by atoms with Crippen LogP contribution < -0.4 is 15.8 Å². The largest absolute Gasteiger partial charge is 0.470 e. The number of ether oxygens (including phenoxy) is 3. The molecule has 1 saturated heterocycles. The van der Waals surface area contributed by atoms with Crippen LogP contribution in [0.1, 0.15) is 68.1 Å². The van der Waals surface area contributed by atoms with Gasteiger partial charge in [-0.15, -0.1) is 0 Å². The van der Waals surface area contributed by atoms with Gasteiger partial charge in [-0.25, -0.2) is 19.7 Å². The maximum atomic E-state index is 12.5. The third-order valence-electron chi connectivity index (χ3n) is 8.37. The van der Waals surface area contributed by atoms with Gasteiger partial charge in [0.2, 0.25) is 11.8 Å². The van der Waals surface area contributed by atoms with Gasteiger partial charge in [0, 0.05) is 36.9 Å². The summed E-state index contributed by atoms with van der Waals surface area (Å²) in [5.74, 6) is 1.51. The van der Waals surface area contributed by atoms with Crippen molar-refractivity contribution in [2.45, 2.75) is 63.7 Å². The van der Waals surface area contributed by atoms with Crippen LogP contribution in [0.3, 0.4) is 0 Å². The highest BCUT2D eigenvalue weighted by Gasteiger charge is 2.41. The second kappa shape index (κ2) is 9.92. The number of carbonyl (C=O) groups is 2. The van der Waals surface area contributed by atoms with Gasteiger partial charge in [-0.1, -0.05) is 6.92 Å². The van der Waals surface area contributed by atoms with Crippen molar-refractivity contribution in [2.75, 3.05) is 32.1 Å². The highest BCUT2D eigenvalue weighted by atomic mass is 16.6. The van der Waals surface area contributed by atoms with Crippen molar-refractivity contribution < 1.29 is 23.8 Å². The summed E-state index contributed by atoms with van der Waals surface area (Å²) in [5, 5.41) is 4.81. The number of hydrogen-bond acceptors (Lipinski definition) is 10. The molecule has 3 aromatic rings. The van der Waals surface area contributed by atoms with Crippen molar-refractivity contribution in [3.63, 3.8) is 0 Å². The van der Waals surface area contributed by atoms with Crippen molar-refractivity contribution in [3.8, 4) is 5.88 Å². The van der Waals surface area contributed by atoms with E-state index in [0.29, 0.717) is 47.2 Å². The van der Waals surface area contributed by atoms with Crippen LogP contribution in [-0.2, 0) is 19.8 Å². The van der Waals surface area contributed by atoms with Gasteiger partial charge in [-0.2, -0.15) is 0 Å². The fraction of sp³-hybridized carbons (Fsp3) is 0.500. The number of pyridine rings is 3. The molecule has 3 aliphatic rings. The number of methoxy groups -OCH3 is 1. The van der Waals surface area contributed by atoms with Crippen LogP contribution in [0.2, 0.25) is 0 Å². The summed E-state index contributed by atoms with van der Waals surface area (Å²) in [6.07, 6.45) is 5.28. The Labute approximate surface area is 238 Å². The number of nitrogens with two attached hydrogens (primary N) is 1. The molecule has 2 aliphatic heterocycles. The van der Waals surface area contributed by atoms with Crippen molar-refractivity contribution in [2.24, 2.45) is 11.7 Å². The lowest BCUT2D eigenvalue weighted by Gasteiger charge is -2.39. The topological polar surface area (TPSA) is 142 Å². The Morgan fingerprint density at radius 2 is 1.95 bits per heavy atom. The molecule has 5 heterocycles. The van der Waals surface area contributed by atoms with Crippen LogP contribution >= 0.6 is 0 Å². The van der Waals surface area contributed by atoms with E-state index >= 15 is 0 Å². The van der Waals surface area contributed by atoms with Gasteiger partial charge in [0.05, 0.1) is 41.9 Å². The Morgan fingerprint density at radius 1 is 1.20 bits per heavy atom. The number of cyclic esters (lactones) is 1. The summed E-state index contributed by atoms with van der Waals surface area (Å²) in [6.45, 7) is 9.05. The van der Waals surface area contributed by atoms with E-state index in [-0.39, 0.29) is 36.4 Å². The van der Waals surface area contributed by atoms with E-state index in [1.54, 1.807) is 31.6 Å². The first kappa shape index (κ1) is 27.3. The Bertz CT molecular complexity index is 1530. The molecule has 2 atom stereocenters. The molecule has 0 aromatic carbocycles. The van der Waals surface area contributed by atoms with Crippen LogP contribution in [0, 0.1) is 5.92 Å². The number of carbonyl (C=O) groups excluding carboxylic acids is 2. The summed E-state index contributed by atoms with van der Waals surface area (Å²) >= 11 is 0. The second-order valence-electron chi connectivity index (χ2n) is 12.2. The third-order valence-corrected chi connectivity index (χ3v) is 8.37. The standard InChI is InChI=1S/C30H36N6O5/c1-16-25-19(28(38)41-29(16,2)3)8-9-23(35-25)34-24-10-20-21(11-32-24)26(33-12-22(20)30(4,31)15-39-5)40-18-13-36(14-18)27(37)17-6-7-17/h8-12,16-18H,6-7,13-15,31H2,1-5H3,(H,32,34,35)/t16-,30-/m1/s1. The molecule has 3 N–H and O–H groups in total. The van der Waals surface area contributed by atoms with E-state index in [9.17, 15) is 9.59 Å². The quantitative estimate of drug-likeness (QED) is 0.392.